The average molecular weight is 476 g/mol. The van der Waals surface area contributed by atoms with Gasteiger partial charge in [0.1, 0.15) is 5.52 Å². The number of hydrogen-bond acceptors (Lipinski definition) is 6. The number of nitrogens with zero attached hydrogens (tertiary/aromatic N) is 6. The molecule has 0 aliphatic carbocycles. The summed E-state index contributed by atoms with van der Waals surface area (Å²) >= 11 is 0. The Morgan fingerprint density at radius 2 is 1.74 bits per heavy atom. The summed E-state index contributed by atoms with van der Waals surface area (Å²) in [6.45, 7) is 9.82. The fraction of sp³-hybridized carbons (Fsp3) is 0.519. The number of carbonyl (C=O) groups excluding carboxylic acids is 1. The molecule has 0 spiro atoms. The molecule has 2 aromatic heterocycles. The highest BCUT2D eigenvalue weighted by Gasteiger charge is 2.27. The molecule has 186 valence electrons. The SMILES string of the molecule is Cc1nn(C)c2c(N3CCC(C(=O)NCCCN4CCN(c5ccccc5)CC4)CC3)nccc12. The van der Waals surface area contributed by atoms with Crippen LogP contribution >= 0.6 is 0 Å². The van der Waals surface area contributed by atoms with Crippen LogP contribution in [-0.2, 0) is 11.8 Å². The van der Waals surface area contributed by atoms with E-state index in [-0.39, 0.29) is 11.8 Å². The molecule has 1 amide bonds. The van der Waals surface area contributed by atoms with Gasteiger partial charge in [-0.25, -0.2) is 4.98 Å². The third-order valence-corrected chi connectivity index (χ3v) is 7.53. The largest absolute Gasteiger partial charge is 0.369 e. The number of aryl methyl sites for hydroxylation is 2. The Kier molecular flexibility index (Phi) is 7.18. The highest BCUT2D eigenvalue weighted by molar-refractivity contribution is 5.91. The second kappa shape index (κ2) is 10.6. The van der Waals surface area contributed by atoms with E-state index in [0.717, 1.165) is 94.0 Å². The lowest BCUT2D eigenvalue weighted by Crippen LogP contribution is -2.47. The number of fused-ring (bicyclic) bond motifs is 1. The van der Waals surface area contributed by atoms with Gasteiger partial charge < -0.3 is 15.1 Å². The first kappa shape index (κ1) is 23.6. The highest BCUT2D eigenvalue weighted by atomic mass is 16.1. The Balaban J connectivity index is 1.02. The van der Waals surface area contributed by atoms with Crippen molar-refractivity contribution in [3.8, 4) is 0 Å². The number of piperidine rings is 1. The van der Waals surface area contributed by atoms with E-state index in [1.54, 1.807) is 0 Å². The van der Waals surface area contributed by atoms with Crippen LogP contribution in [0.15, 0.2) is 42.6 Å². The van der Waals surface area contributed by atoms with Crippen molar-refractivity contribution in [1.29, 1.82) is 0 Å². The second-order valence-electron chi connectivity index (χ2n) is 9.81. The number of pyridine rings is 1. The van der Waals surface area contributed by atoms with Gasteiger partial charge in [-0.1, -0.05) is 18.2 Å². The quantitative estimate of drug-likeness (QED) is 0.530. The Morgan fingerprint density at radius 1 is 1.00 bits per heavy atom. The number of carbonyl (C=O) groups is 1. The molecule has 3 aromatic rings. The highest BCUT2D eigenvalue weighted by Crippen LogP contribution is 2.29. The molecule has 8 nitrogen and oxygen atoms in total. The van der Waals surface area contributed by atoms with E-state index < -0.39 is 0 Å². The van der Waals surface area contributed by atoms with Crippen LogP contribution in [0.1, 0.15) is 25.0 Å². The summed E-state index contributed by atoms with van der Waals surface area (Å²) in [4.78, 5) is 24.7. The summed E-state index contributed by atoms with van der Waals surface area (Å²) in [5, 5.41) is 8.91. The Hall–Kier alpha value is -3.13. The number of nitrogens with one attached hydrogen (secondary N) is 1. The molecule has 4 heterocycles. The van der Waals surface area contributed by atoms with Gasteiger partial charge in [-0.15, -0.1) is 0 Å². The molecular weight excluding hydrogens is 438 g/mol. The molecule has 2 aliphatic rings. The third kappa shape index (κ3) is 5.27. The molecule has 2 fully saturated rings. The Bertz CT molecular complexity index is 1130. The number of amides is 1. The number of anilines is 2. The lowest BCUT2D eigenvalue weighted by molar-refractivity contribution is -0.125. The maximum absolute atomic E-state index is 12.8. The molecule has 0 radical (unpaired) electrons. The van der Waals surface area contributed by atoms with Crippen molar-refractivity contribution in [3.63, 3.8) is 0 Å². The first-order valence-corrected chi connectivity index (χ1v) is 12.9. The molecular formula is C27H37N7O. The zero-order valence-electron chi connectivity index (χ0n) is 21.0. The van der Waals surface area contributed by atoms with Crippen molar-refractivity contribution in [1.82, 2.24) is 25.0 Å². The first-order chi connectivity index (χ1) is 17.1. The van der Waals surface area contributed by atoms with Crippen molar-refractivity contribution in [2.45, 2.75) is 26.2 Å². The van der Waals surface area contributed by atoms with Gasteiger partial charge in [-0.05, 0) is 50.9 Å². The molecule has 5 rings (SSSR count). The van der Waals surface area contributed by atoms with E-state index >= 15 is 0 Å². The maximum atomic E-state index is 12.8. The fourth-order valence-electron chi connectivity index (χ4n) is 5.49. The van der Waals surface area contributed by atoms with E-state index in [1.165, 1.54) is 5.69 Å². The summed E-state index contributed by atoms with van der Waals surface area (Å²) in [5.74, 6) is 1.28. The molecule has 0 bridgehead atoms. The van der Waals surface area contributed by atoms with E-state index in [1.807, 2.05) is 30.9 Å². The molecule has 0 atom stereocenters. The molecule has 1 aromatic carbocycles. The van der Waals surface area contributed by atoms with Gasteiger partial charge in [0.25, 0.3) is 0 Å². The average Bonchev–Trinajstić information content (AvgIpc) is 3.21. The zero-order chi connectivity index (χ0) is 24.2. The van der Waals surface area contributed by atoms with Crippen LogP contribution in [-0.4, -0.2) is 77.9 Å². The van der Waals surface area contributed by atoms with E-state index in [2.05, 4.69) is 60.4 Å². The Labute approximate surface area is 207 Å². The second-order valence-corrected chi connectivity index (χ2v) is 9.81. The molecule has 0 unspecified atom stereocenters. The monoisotopic (exact) mass is 475 g/mol. The van der Waals surface area contributed by atoms with Crippen molar-refractivity contribution in [3.05, 3.63) is 48.3 Å². The fourth-order valence-corrected chi connectivity index (χ4v) is 5.49. The van der Waals surface area contributed by atoms with E-state index in [4.69, 9.17) is 0 Å². The molecule has 2 saturated heterocycles. The summed E-state index contributed by atoms with van der Waals surface area (Å²) < 4.78 is 1.92. The minimum atomic E-state index is 0.0909. The number of aromatic nitrogens is 3. The normalized spacial score (nSPS) is 17.8. The van der Waals surface area contributed by atoms with Gasteiger partial charge in [-0.3, -0.25) is 14.4 Å². The van der Waals surface area contributed by atoms with Gasteiger partial charge in [0, 0.05) is 76.0 Å². The minimum absolute atomic E-state index is 0.0909. The molecule has 8 heteroatoms. The zero-order valence-corrected chi connectivity index (χ0v) is 21.0. The summed E-state index contributed by atoms with van der Waals surface area (Å²) in [7, 11) is 1.98. The van der Waals surface area contributed by atoms with Crippen molar-refractivity contribution in [2.75, 3.05) is 62.2 Å². The lowest BCUT2D eigenvalue weighted by Gasteiger charge is -2.36. The summed E-state index contributed by atoms with van der Waals surface area (Å²) in [6, 6.07) is 12.7. The Morgan fingerprint density at radius 3 is 2.49 bits per heavy atom. The van der Waals surface area contributed by atoms with Gasteiger partial charge in [-0.2, -0.15) is 5.10 Å². The van der Waals surface area contributed by atoms with Crippen LogP contribution in [0.5, 0.6) is 0 Å². The lowest BCUT2D eigenvalue weighted by atomic mass is 9.95. The van der Waals surface area contributed by atoms with Gasteiger partial charge in [0.15, 0.2) is 5.82 Å². The number of hydrogen-bond donors (Lipinski definition) is 1. The first-order valence-electron chi connectivity index (χ1n) is 12.9. The van der Waals surface area contributed by atoms with Gasteiger partial charge in [0.2, 0.25) is 5.91 Å². The van der Waals surface area contributed by atoms with Gasteiger partial charge >= 0.3 is 0 Å². The summed E-state index contributed by atoms with van der Waals surface area (Å²) in [5.41, 5.74) is 3.42. The third-order valence-electron chi connectivity index (χ3n) is 7.53. The smallest absolute Gasteiger partial charge is 0.223 e. The predicted molar refractivity (Wildman–Crippen MR) is 141 cm³/mol. The minimum Gasteiger partial charge on any atom is -0.369 e. The van der Waals surface area contributed by atoms with Crippen LogP contribution in [0.3, 0.4) is 0 Å². The van der Waals surface area contributed by atoms with Crippen molar-refractivity contribution >= 4 is 28.3 Å². The van der Waals surface area contributed by atoms with Crippen LogP contribution in [0.4, 0.5) is 11.5 Å². The standard InChI is InChI=1S/C27H37N7O/c1-21-24-9-13-28-26(25(24)31(2)30-21)34-15-10-22(11-16-34)27(35)29-12-6-14-32-17-19-33(20-18-32)23-7-4-3-5-8-23/h3-5,7-9,13,22H,6,10-12,14-20H2,1-2H3,(H,29,35). The van der Waals surface area contributed by atoms with E-state index in [0.29, 0.717) is 0 Å². The molecule has 2 aliphatic heterocycles. The molecule has 1 N–H and O–H groups in total. The maximum Gasteiger partial charge on any atom is 0.223 e. The predicted octanol–water partition coefficient (Wildman–Crippen LogP) is 2.82. The van der Waals surface area contributed by atoms with Crippen molar-refractivity contribution in [2.24, 2.45) is 13.0 Å². The molecule has 35 heavy (non-hydrogen) atoms. The topological polar surface area (TPSA) is 69.5 Å². The van der Waals surface area contributed by atoms with Crippen LogP contribution in [0.25, 0.3) is 10.9 Å². The van der Waals surface area contributed by atoms with Crippen LogP contribution in [0.2, 0.25) is 0 Å². The summed E-state index contributed by atoms with van der Waals surface area (Å²) in [6.07, 6.45) is 4.60. The number of rotatable bonds is 7. The number of benzene rings is 1. The van der Waals surface area contributed by atoms with Crippen LogP contribution < -0.4 is 15.1 Å². The molecule has 0 saturated carbocycles. The van der Waals surface area contributed by atoms with Gasteiger partial charge in [0.05, 0.1) is 5.69 Å². The van der Waals surface area contributed by atoms with Crippen molar-refractivity contribution < 1.29 is 4.79 Å². The number of para-hydroxylation sites is 1. The van der Waals surface area contributed by atoms with E-state index in [9.17, 15) is 4.79 Å². The van der Waals surface area contributed by atoms with Crippen LogP contribution in [0, 0.1) is 12.8 Å². The number of piperazine rings is 1.